The summed E-state index contributed by atoms with van der Waals surface area (Å²) < 4.78 is 18.8. The van der Waals surface area contributed by atoms with Gasteiger partial charge in [0.2, 0.25) is 0 Å². The molecule has 2 aromatic rings. The van der Waals surface area contributed by atoms with E-state index in [1.807, 2.05) is 6.07 Å². The molecule has 1 atom stereocenters. The summed E-state index contributed by atoms with van der Waals surface area (Å²) in [5.74, 6) is 1.69. The number of halogens is 1. The second-order valence-electron chi connectivity index (χ2n) is 6.77. The topological polar surface area (TPSA) is 53.5 Å². The molecule has 26 heavy (non-hydrogen) atoms. The van der Waals surface area contributed by atoms with Gasteiger partial charge in [-0.15, -0.1) is 0 Å². The number of piperidine rings is 1. The molecular formula is C19H24FN5O. The van der Waals surface area contributed by atoms with Crippen LogP contribution in [0, 0.1) is 5.82 Å². The van der Waals surface area contributed by atoms with Crippen molar-refractivity contribution in [1.29, 1.82) is 0 Å². The number of anilines is 3. The SMILES string of the molecule is Fc1cccc(NC2CCCN(c3cc(N4CCOCC4)ncn3)C2)c1. The molecule has 0 radical (unpaired) electrons. The first-order valence-electron chi connectivity index (χ1n) is 9.20. The summed E-state index contributed by atoms with van der Waals surface area (Å²) in [6.07, 6.45) is 3.78. The monoisotopic (exact) mass is 357 g/mol. The van der Waals surface area contributed by atoms with Crippen LogP contribution >= 0.6 is 0 Å². The van der Waals surface area contributed by atoms with E-state index in [2.05, 4.69) is 31.2 Å². The van der Waals surface area contributed by atoms with Gasteiger partial charge in [0.1, 0.15) is 23.8 Å². The van der Waals surface area contributed by atoms with E-state index in [1.54, 1.807) is 18.5 Å². The lowest BCUT2D eigenvalue weighted by Crippen LogP contribution is -2.43. The Morgan fingerprint density at radius 2 is 1.85 bits per heavy atom. The smallest absolute Gasteiger partial charge is 0.134 e. The van der Waals surface area contributed by atoms with Gasteiger partial charge in [0.25, 0.3) is 0 Å². The van der Waals surface area contributed by atoms with Crippen LogP contribution in [-0.2, 0) is 4.74 Å². The number of benzene rings is 1. The predicted molar refractivity (Wildman–Crippen MR) is 100 cm³/mol. The van der Waals surface area contributed by atoms with Gasteiger partial charge in [-0.05, 0) is 31.0 Å². The highest BCUT2D eigenvalue weighted by Crippen LogP contribution is 2.23. The number of rotatable bonds is 4. The third kappa shape index (κ3) is 4.04. The van der Waals surface area contributed by atoms with E-state index in [-0.39, 0.29) is 11.9 Å². The summed E-state index contributed by atoms with van der Waals surface area (Å²) in [4.78, 5) is 13.4. The highest BCUT2D eigenvalue weighted by molar-refractivity contribution is 5.51. The minimum absolute atomic E-state index is 0.214. The van der Waals surface area contributed by atoms with Crippen molar-refractivity contribution in [1.82, 2.24) is 9.97 Å². The van der Waals surface area contributed by atoms with E-state index in [0.29, 0.717) is 0 Å². The Kier molecular flexibility index (Phi) is 5.15. The Hall–Kier alpha value is -2.41. The fourth-order valence-corrected chi connectivity index (χ4v) is 3.59. The number of nitrogens with one attached hydrogen (secondary N) is 1. The number of morpholine rings is 1. The molecule has 0 saturated carbocycles. The third-order valence-corrected chi connectivity index (χ3v) is 4.91. The minimum Gasteiger partial charge on any atom is -0.380 e. The van der Waals surface area contributed by atoms with E-state index in [9.17, 15) is 4.39 Å². The van der Waals surface area contributed by atoms with Crippen molar-refractivity contribution in [3.05, 3.63) is 42.5 Å². The van der Waals surface area contributed by atoms with Crippen LogP contribution in [0.2, 0.25) is 0 Å². The number of nitrogens with zero attached hydrogens (tertiary/aromatic N) is 4. The first kappa shape index (κ1) is 17.0. The Morgan fingerprint density at radius 3 is 2.65 bits per heavy atom. The Bertz CT molecular complexity index is 737. The van der Waals surface area contributed by atoms with Crippen molar-refractivity contribution >= 4 is 17.3 Å². The quantitative estimate of drug-likeness (QED) is 0.908. The van der Waals surface area contributed by atoms with Crippen molar-refractivity contribution in [2.75, 3.05) is 54.5 Å². The molecule has 0 amide bonds. The summed E-state index contributed by atoms with van der Waals surface area (Å²) in [5.41, 5.74) is 0.827. The number of hydrogen-bond donors (Lipinski definition) is 1. The fraction of sp³-hybridized carbons (Fsp3) is 0.474. The zero-order valence-corrected chi connectivity index (χ0v) is 14.8. The molecule has 1 aromatic carbocycles. The molecule has 1 unspecified atom stereocenters. The van der Waals surface area contributed by atoms with Crippen molar-refractivity contribution < 1.29 is 9.13 Å². The summed E-state index contributed by atoms with van der Waals surface area (Å²) in [5, 5.41) is 3.45. The van der Waals surface area contributed by atoms with Crippen LogP contribution in [0.25, 0.3) is 0 Å². The summed E-state index contributed by atoms with van der Waals surface area (Å²) >= 11 is 0. The van der Waals surface area contributed by atoms with Crippen molar-refractivity contribution in [2.24, 2.45) is 0 Å². The molecule has 6 nitrogen and oxygen atoms in total. The van der Waals surface area contributed by atoms with Crippen LogP contribution in [0.3, 0.4) is 0 Å². The second kappa shape index (κ2) is 7.86. The van der Waals surface area contributed by atoms with Crippen LogP contribution in [0.1, 0.15) is 12.8 Å². The van der Waals surface area contributed by atoms with Gasteiger partial charge in [-0.3, -0.25) is 0 Å². The van der Waals surface area contributed by atoms with E-state index < -0.39 is 0 Å². The molecule has 0 bridgehead atoms. The highest BCUT2D eigenvalue weighted by atomic mass is 19.1. The molecule has 1 N–H and O–H groups in total. The summed E-state index contributed by atoms with van der Waals surface area (Å²) in [6.45, 7) is 5.02. The molecule has 2 saturated heterocycles. The lowest BCUT2D eigenvalue weighted by atomic mass is 10.1. The van der Waals surface area contributed by atoms with Crippen LogP contribution in [-0.4, -0.2) is 55.4 Å². The van der Waals surface area contributed by atoms with Crippen LogP contribution in [0.4, 0.5) is 21.7 Å². The lowest BCUT2D eigenvalue weighted by Gasteiger charge is -2.35. The average molecular weight is 357 g/mol. The molecule has 2 aliphatic rings. The van der Waals surface area contributed by atoms with Gasteiger partial charge in [-0.2, -0.15) is 0 Å². The second-order valence-corrected chi connectivity index (χ2v) is 6.77. The predicted octanol–water partition coefficient (Wildman–Crippen LogP) is 2.53. The largest absolute Gasteiger partial charge is 0.380 e. The first-order valence-corrected chi connectivity index (χ1v) is 9.20. The first-order chi connectivity index (χ1) is 12.8. The van der Waals surface area contributed by atoms with Gasteiger partial charge in [-0.1, -0.05) is 6.07 Å². The van der Waals surface area contributed by atoms with Gasteiger partial charge in [0, 0.05) is 44.0 Å². The van der Waals surface area contributed by atoms with Gasteiger partial charge in [-0.25, -0.2) is 14.4 Å². The molecule has 4 rings (SSSR count). The number of aromatic nitrogens is 2. The zero-order valence-electron chi connectivity index (χ0n) is 14.8. The summed E-state index contributed by atoms with van der Waals surface area (Å²) in [6, 6.07) is 8.98. The fourth-order valence-electron chi connectivity index (χ4n) is 3.59. The van der Waals surface area contributed by atoms with Crippen molar-refractivity contribution in [2.45, 2.75) is 18.9 Å². The molecule has 1 aromatic heterocycles. The zero-order chi connectivity index (χ0) is 17.8. The lowest BCUT2D eigenvalue weighted by molar-refractivity contribution is 0.122. The van der Waals surface area contributed by atoms with Crippen molar-refractivity contribution in [3.63, 3.8) is 0 Å². The van der Waals surface area contributed by atoms with Crippen LogP contribution in [0.5, 0.6) is 0 Å². The molecule has 2 fully saturated rings. The Morgan fingerprint density at radius 1 is 1.04 bits per heavy atom. The van der Waals surface area contributed by atoms with E-state index in [4.69, 9.17) is 4.74 Å². The number of hydrogen-bond acceptors (Lipinski definition) is 6. The summed E-state index contributed by atoms with van der Waals surface area (Å²) in [7, 11) is 0. The average Bonchev–Trinajstić information content (AvgIpc) is 2.69. The van der Waals surface area contributed by atoms with Gasteiger partial charge >= 0.3 is 0 Å². The molecule has 2 aliphatic heterocycles. The van der Waals surface area contributed by atoms with Crippen LogP contribution < -0.4 is 15.1 Å². The molecule has 0 spiro atoms. The maximum atomic E-state index is 13.4. The molecule has 138 valence electrons. The molecule has 7 heteroatoms. The van der Waals surface area contributed by atoms with Gasteiger partial charge < -0.3 is 19.9 Å². The Balaban J connectivity index is 1.44. The Labute approximate surface area is 153 Å². The van der Waals surface area contributed by atoms with Crippen molar-refractivity contribution in [3.8, 4) is 0 Å². The van der Waals surface area contributed by atoms with E-state index in [0.717, 1.165) is 69.6 Å². The van der Waals surface area contributed by atoms with Gasteiger partial charge in [0.15, 0.2) is 0 Å². The molecular weight excluding hydrogens is 333 g/mol. The van der Waals surface area contributed by atoms with Crippen LogP contribution in [0.15, 0.2) is 36.7 Å². The molecule has 0 aliphatic carbocycles. The standard InChI is InChI=1S/C19H24FN5O/c20-15-3-1-4-16(11-15)23-17-5-2-6-25(13-17)19-12-18(21-14-22-19)24-7-9-26-10-8-24/h1,3-4,11-12,14,17,23H,2,5-10,13H2. The number of ether oxygens (including phenoxy) is 1. The van der Waals surface area contributed by atoms with E-state index in [1.165, 1.54) is 6.07 Å². The third-order valence-electron chi connectivity index (χ3n) is 4.91. The van der Waals surface area contributed by atoms with E-state index >= 15 is 0 Å². The molecule has 3 heterocycles. The maximum absolute atomic E-state index is 13.4. The van der Waals surface area contributed by atoms with Gasteiger partial charge in [0.05, 0.1) is 13.2 Å². The normalized spacial score (nSPS) is 20.9. The highest BCUT2D eigenvalue weighted by Gasteiger charge is 2.22. The minimum atomic E-state index is -0.214. The maximum Gasteiger partial charge on any atom is 0.134 e.